The van der Waals surface area contributed by atoms with Gasteiger partial charge in [-0.05, 0) is 24.1 Å². The van der Waals surface area contributed by atoms with Crippen LogP contribution < -0.4 is 11.1 Å². The lowest BCUT2D eigenvalue weighted by atomic mass is 9.99. The van der Waals surface area contributed by atoms with Gasteiger partial charge in [0.1, 0.15) is 0 Å². The van der Waals surface area contributed by atoms with Gasteiger partial charge in [-0.25, -0.2) is 4.98 Å². The molecule has 0 saturated heterocycles. The van der Waals surface area contributed by atoms with E-state index in [1.807, 2.05) is 25.4 Å². The maximum absolute atomic E-state index is 11.3. The highest BCUT2D eigenvalue weighted by molar-refractivity contribution is 5.94. The molecule has 5 heteroatoms. The zero-order chi connectivity index (χ0) is 12.7. The lowest BCUT2D eigenvalue weighted by molar-refractivity contribution is -0.116. The number of aromatic nitrogens is 2. The molecule has 1 aromatic carbocycles. The van der Waals surface area contributed by atoms with Crippen LogP contribution >= 0.6 is 0 Å². The summed E-state index contributed by atoms with van der Waals surface area (Å²) in [5.41, 5.74) is 9.66. The molecule has 0 spiro atoms. The summed E-state index contributed by atoms with van der Waals surface area (Å²) in [6, 6.07) is 5.94. The standard InChI is InChI=1S/C13H14N4O/c1-17-7-11(16-13(17)14)9-2-4-10-8(6-9)3-5-12(18)15-10/h2,4,6-7H,3,5H2,1H3,(H2,14,16)(H,15,18). The Morgan fingerprint density at radius 1 is 1.39 bits per heavy atom. The SMILES string of the molecule is Cn1cc(-c2ccc3c(c2)CCC(=O)N3)nc1N. The van der Waals surface area contributed by atoms with Crippen molar-refractivity contribution in [2.75, 3.05) is 11.1 Å². The smallest absolute Gasteiger partial charge is 0.224 e. The summed E-state index contributed by atoms with van der Waals surface area (Å²) < 4.78 is 1.79. The van der Waals surface area contributed by atoms with Crippen molar-refractivity contribution < 1.29 is 4.79 Å². The Morgan fingerprint density at radius 3 is 2.94 bits per heavy atom. The van der Waals surface area contributed by atoms with Gasteiger partial charge in [0, 0.05) is 30.9 Å². The average molecular weight is 242 g/mol. The van der Waals surface area contributed by atoms with Crippen molar-refractivity contribution in [3.8, 4) is 11.3 Å². The van der Waals surface area contributed by atoms with Crippen molar-refractivity contribution in [1.82, 2.24) is 9.55 Å². The Hall–Kier alpha value is -2.30. The minimum Gasteiger partial charge on any atom is -0.369 e. The number of benzene rings is 1. The second kappa shape index (κ2) is 3.87. The highest BCUT2D eigenvalue weighted by Gasteiger charge is 2.15. The van der Waals surface area contributed by atoms with Gasteiger partial charge in [-0.2, -0.15) is 0 Å². The molecule has 92 valence electrons. The number of hydrogen-bond acceptors (Lipinski definition) is 3. The maximum atomic E-state index is 11.3. The lowest BCUT2D eigenvalue weighted by Crippen LogP contribution is -2.18. The maximum Gasteiger partial charge on any atom is 0.224 e. The van der Waals surface area contributed by atoms with Crippen LogP contribution in [-0.2, 0) is 18.3 Å². The van der Waals surface area contributed by atoms with Crippen molar-refractivity contribution in [2.24, 2.45) is 7.05 Å². The number of carbonyl (C=O) groups is 1. The number of anilines is 2. The molecule has 0 saturated carbocycles. The third-order valence-electron chi connectivity index (χ3n) is 3.21. The van der Waals surface area contributed by atoms with Crippen LogP contribution in [0, 0.1) is 0 Å². The highest BCUT2D eigenvalue weighted by atomic mass is 16.1. The minimum absolute atomic E-state index is 0.0809. The van der Waals surface area contributed by atoms with E-state index in [9.17, 15) is 4.79 Å². The van der Waals surface area contributed by atoms with E-state index < -0.39 is 0 Å². The number of fused-ring (bicyclic) bond motifs is 1. The molecular formula is C13H14N4O. The summed E-state index contributed by atoms with van der Waals surface area (Å²) in [5.74, 6) is 0.577. The van der Waals surface area contributed by atoms with E-state index >= 15 is 0 Å². The van der Waals surface area contributed by atoms with Crippen molar-refractivity contribution in [3.05, 3.63) is 30.0 Å². The number of nitrogens with one attached hydrogen (secondary N) is 1. The van der Waals surface area contributed by atoms with Crippen LogP contribution in [0.2, 0.25) is 0 Å². The van der Waals surface area contributed by atoms with Crippen LogP contribution in [0.3, 0.4) is 0 Å². The summed E-state index contributed by atoms with van der Waals surface area (Å²) in [4.78, 5) is 15.6. The minimum atomic E-state index is 0.0809. The Kier molecular flexibility index (Phi) is 2.33. The van der Waals surface area contributed by atoms with Gasteiger partial charge < -0.3 is 15.6 Å². The van der Waals surface area contributed by atoms with Gasteiger partial charge in [-0.15, -0.1) is 0 Å². The summed E-state index contributed by atoms with van der Waals surface area (Å²) in [6.45, 7) is 0. The van der Waals surface area contributed by atoms with Crippen LogP contribution in [0.4, 0.5) is 11.6 Å². The zero-order valence-corrected chi connectivity index (χ0v) is 10.1. The summed E-state index contributed by atoms with van der Waals surface area (Å²) in [6.07, 6.45) is 3.22. The molecule has 1 aliphatic rings. The fourth-order valence-corrected chi connectivity index (χ4v) is 2.16. The van der Waals surface area contributed by atoms with Gasteiger partial charge in [0.2, 0.25) is 5.91 Å². The zero-order valence-electron chi connectivity index (χ0n) is 10.1. The fraction of sp³-hybridized carbons (Fsp3) is 0.231. The average Bonchev–Trinajstić information content (AvgIpc) is 2.69. The first-order chi connectivity index (χ1) is 8.63. The number of nitrogens with two attached hydrogens (primary N) is 1. The first-order valence-electron chi connectivity index (χ1n) is 5.85. The molecule has 0 fully saturated rings. The van der Waals surface area contributed by atoms with E-state index in [2.05, 4.69) is 16.4 Å². The van der Waals surface area contributed by atoms with E-state index in [1.54, 1.807) is 4.57 Å². The Balaban J connectivity index is 2.02. The van der Waals surface area contributed by atoms with E-state index in [0.29, 0.717) is 12.4 Å². The molecule has 18 heavy (non-hydrogen) atoms. The Morgan fingerprint density at radius 2 is 2.22 bits per heavy atom. The van der Waals surface area contributed by atoms with Crippen molar-refractivity contribution in [2.45, 2.75) is 12.8 Å². The van der Waals surface area contributed by atoms with Crippen molar-refractivity contribution >= 4 is 17.5 Å². The number of nitrogens with zero attached hydrogens (tertiary/aromatic N) is 2. The first kappa shape index (κ1) is 10.8. The van der Waals surface area contributed by atoms with Crippen LogP contribution in [0.15, 0.2) is 24.4 Å². The van der Waals surface area contributed by atoms with Gasteiger partial charge in [0.15, 0.2) is 5.95 Å². The number of nitrogen functional groups attached to an aromatic ring is 1. The number of imidazole rings is 1. The van der Waals surface area contributed by atoms with Crippen LogP contribution in [-0.4, -0.2) is 15.5 Å². The number of aryl methyl sites for hydroxylation is 2. The molecule has 5 nitrogen and oxygen atoms in total. The lowest BCUT2D eigenvalue weighted by Gasteiger charge is -2.17. The van der Waals surface area contributed by atoms with Gasteiger partial charge >= 0.3 is 0 Å². The molecule has 0 aliphatic carbocycles. The molecule has 1 amide bonds. The predicted molar refractivity (Wildman–Crippen MR) is 70.0 cm³/mol. The normalized spacial score (nSPS) is 14.2. The third kappa shape index (κ3) is 1.73. The summed E-state index contributed by atoms with van der Waals surface area (Å²) in [7, 11) is 1.87. The van der Waals surface area contributed by atoms with Crippen LogP contribution in [0.25, 0.3) is 11.3 Å². The van der Waals surface area contributed by atoms with E-state index in [4.69, 9.17) is 5.73 Å². The largest absolute Gasteiger partial charge is 0.369 e. The molecule has 3 rings (SSSR count). The molecule has 3 N–H and O–H groups in total. The van der Waals surface area contributed by atoms with Gasteiger partial charge in [0.05, 0.1) is 5.69 Å². The molecule has 2 heterocycles. The van der Waals surface area contributed by atoms with Gasteiger partial charge in [-0.3, -0.25) is 4.79 Å². The van der Waals surface area contributed by atoms with Crippen molar-refractivity contribution in [3.63, 3.8) is 0 Å². The molecule has 0 atom stereocenters. The molecule has 1 aromatic heterocycles. The molecule has 1 aliphatic heterocycles. The fourth-order valence-electron chi connectivity index (χ4n) is 2.16. The topological polar surface area (TPSA) is 72.9 Å². The van der Waals surface area contributed by atoms with Crippen LogP contribution in [0.5, 0.6) is 0 Å². The number of rotatable bonds is 1. The Labute approximate surface area is 105 Å². The van der Waals surface area contributed by atoms with E-state index in [0.717, 1.165) is 28.9 Å². The molecule has 0 radical (unpaired) electrons. The highest BCUT2D eigenvalue weighted by Crippen LogP contribution is 2.28. The summed E-state index contributed by atoms with van der Waals surface area (Å²) >= 11 is 0. The van der Waals surface area contributed by atoms with E-state index in [1.165, 1.54) is 0 Å². The van der Waals surface area contributed by atoms with Gasteiger partial charge in [-0.1, -0.05) is 6.07 Å². The number of carbonyl (C=O) groups excluding carboxylic acids is 1. The molecular weight excluding hydrogens is 228 g/mol. The second-order valence-corrected chi connectivity index (χ2v) is 4.52. The number of amides is 1. The first-order valence-corrected chi connectivity index (χ1v) is 5.85. The quantitative estimate of drug-likeness (QED) is 0.797. The van der Waals surface area contributed by atoms with E-state index in [-0.39, 0.29) is 5.91 Å². The van der Waals surface area contributed by atoms with Gasteiger partial charge in [0.25, 0.3) is 0 Å². The summed E-state index contributed by atoms with van der Waals surface area (Å²) in [5, 5.41) is 2.87. The predicted octanol–water partition coefficient (Wildman–Crippen LogP) is 1.55. The van der Waals surface area contributed by atoms with Crippen LogP contribution in [0.1, 0.15) is 12.0 Å². The molecule has 0 bridgehead atoms. The third-order valence-corrected chi connectivity index (χ3v) is 3.21. The Bertz CT molecular complexity index is 610. The number of hydrogen-bond donors (Lipinski definition) is 2. The van der Waals surface area contributed by atoms with Crippen molar-refractivity contribution in [1.29, 1.82) is 0 Å². The monoisotopic (exact) mass is 242 g/mol. The second-order valence-electron chi connectivity index (χ2n) is 4.52. The molecule has 0 unspecified atom stereocenters. The molecule has 2 aromatic rings.